The SMILES string of the molecule is CC(C)c1ccc(OCCC(=O)Nc2cccc(N3C(=O)c4ccccc4C3=O)c2)cc1. The first-order valence-electron chi connectivity index (χ1n) is 10.5. The molecule has 0 spiro atoms. The van der Waals surface area contributed by atoms with Gasteiger partial charge in [-0.05, 0) is 53.9 Å². The average Bonchev–Trinajstić information content (AvgIpc) is 3.04. The van der Waals surface area contributed by atoms with Crippen LogP contribution in [0.15, 0.2) is 72.8 Å². The molecule has 1 aliphatic rings. The Morgan fingerprint density at radius 2 is 1.56 bits per heavy atom. The van der Waals surface area contributed by atoms with Crippen LogP contribution in [0.5, 0.6) is 5.75 Å². The van der Waals surface area contributed by atoms with Gasteiger partial charge in [0.2, 0.25) is 5.91 Å². The molecule has 3 aromatic carbocycles. The highest BCUT2D eigenvalue weighted by molar-refractivity contribution is 6.34. The lowest BCUT2D eigenvalue weighted by molar-refractivity contribution is -0.116. The quantitative estimate of drug-likeness (QED) is 0.536. The third-order valence-electron chi connectivity index (χ3n) is 5.33. The Balaban J connectivity index is 1.35. The normalized spacial score (nSPS) is 12.8. The van der Waals surface area contributed by atoms with Crippen molar-refractivity contribution in [3.05, 3.63) is 89.5 Å². The number of amides is 3. The van der Waals surface area contributed by atoms with Gasteiger partial charge in [0.1, 0.15) is 5.75 Å². The molecule has 1 N–H and O–H groups in total. The topological polar surface area (TPSA) is 75.7 Å². The van der Waals surface area contributed by atoms with Crippen molar-refractivity contribution in [2.24, 2.45) is 0 Å². The zero-order valence-corrected chi connectivity index (χ0v) is 18.0. The summed E-state index contributed by atoms with van der Waals surface area (Å²) in [6.45, 7) is 4.50. The van der Waals surface area contributed by atoms with Gasteiger partial charge in [-0.15, -0.1) is 0 Å². The van der Waals surface area contributed by atoms with Crippen molar-refractivity contribution >= 4 is 29.1 Å². The number of nitrogens with one attached hydrogen (secondary N) is 1. The van der Waals surface area contributed by atoms with E-state index in [4.69, 9.17) is 4.74 Å². The monoisotopic (exact) mass is 428 g/mol. The molecule has 0 bridgehead atoms. The molecule has 4 rings (SSSR count). The van der Waals surface area contributed by atoms with Crippen molar-refractivity contribution in [1.29, 1.82) is 0 Å². The molecule has 0 fully saturated rings. The summed E-state index contributed by atoms with van der Waals surface area (Å²) in [6, 6.07) is 21.3. The molecule has 1 heterocycles. The van der Waals surface area contributed by atoms with E-state index in [1.807, 2.05) is 24.3 Å². The van der Waals surface area contributed by atoms with Gasteiger partial charge in [-0.2, -0.15) is 0 Å². The van der Waals surface area contributed by atoms with E-state index in [1.54, 1.807) is 48.5 Å². The predicted octanol–water partition coefficient (Wildman–Crippen LogP) is 5.02. The third kappa shape index (κ3) is 4.39. The number of anilines is 2. The Morgan fingerprint density at radius 3 is 2.19 bits per heavy atom. The minimum Gasteiger partial charge on any atom is -0.493 e. The van der Waals surface area contributed by atoms with Crippen LogP contribution in [0.3, 0.4) is 0 Å². The number of rotatable bonds is 7. The van der Waals surface area contributed by atoms with Gasteiger partial charge in [0, 0.05) is 5.69 Å². The Labute approximate surface area is 186 Å². The van der Waals surface area contributed by atoms with Gasteiger partial charge < -0.3 is 10.1 Å². The number of carbonyl (C=O) groups excluding carboxylic acids is 3. The molecule has 0 radical (unpaired) electrons. The van der Waals surface area contributed by atoms with Gasteiger partial charge in [0.15, 0.2) is 0 Å². The molecule has 0 aliphatic carbocycles. The molecular weight excluding hydrogens is 404 g/mol. The maximum absolute atomic E-state index is 12.7. The number of carbonyl (C=O) groups is 3. The molecule has 0 atom stereocenters. The second-order valence-corrected chi connectivity index (χ2v) is 7.91. The maximum Gasteiger partial charge on any atom is 0.266 e. The molecule has 6 nitrogen and oxygen atoms in total. The standard InChI is InChI=1S/C26H24N2O4/c1-17(2)18-10-12-21(13-11-18)32-15-14-24(29)27-19-6-5-7-20(16-19)28-25(30)22-8-3-4-9-23(22)26(28)31/h3-13,16-17H,14-15H2,1-2H3,(H,27,29). The lowest BCUT2D eigenvalue weighted by atomic mass is 10.0. The molecule has 0 aromatic heterocycles. The second-order valence-electron chi connectivity index (χ2n) is 7.91. The van der Waals surface area contributed by atoms with Crippen molar-refractivity contribution in [3.8, 4) is 5.75 Å². The first-order chi connectivity index (χ1) is 15.4. The lowest BCUT2D eigenvalue weighted by Crippen LogP contribution is -2.29. The van der Waals surface area contributed by atoms with Gasteiger partial charge >= 0.3 is 0 Å². The average molecular weight is 428 g/mol. The van der Waals surface area contributed by atoms with E-state index in [9.17, 15) is 14.4 Å². The van der Waals surface area contributed by atoms with E-state index in [2.05, 4.69) is 19.2 Å². The minimum absolute atomic E-state index is 0.170. The summed E-state index contributed by atoms with van der Waals surface area (Å²) in [6.07, 6.45) is 0.170. The minimum atomic E-state index is -0.369. The van der Waals surface area contributed by atoms with E-state index in [-0.39, 0.29) is 30.7 Å². The zero-order chi connectivity index (χ0) is 22.7. The van der Waals surface area contributed by atoms with Crippen LogP contribution in [0.25, 0.3) is 0 Å². The summed E-state index contributed by atoms with van der Waals surface area (Å²) in [5, 5.41) is 2.80. The second kappa shape index (κ2) is 9.06. The fraction of sp³-hybridized carbons (Fsp3) is 0.192. The third-order valence-corrected chi connectivity index (χ3v) is 5.33. The molecule has 3 aromatic rings. The summed E-state index contributed by atoms with van der Waals surface area (Å²) < 4.78 is 5.66. The summed E-state index contributed by atoms with van der Waals surface area (Å²) in [5.74, 6) is 0.209. The van der Waals surface area contributed by atoms with Crippen LogP contribution >= 0.6 is 0 Å². The molecule has 1 aliphatic heterocycles. The van der Waals surface area contributed by atoms with E-state index < -0.39 is 0 Å². The fourth-order valence-corrected chi connectivity index (χ4v) is 3.58. The van der Waals surface area contributed by atoms with Crippen molar-refractivity contribution < 1.29 is 19.1 Å². The lowest BCUT2D eigenvalue weighted by Gasteiger charge is -2.15. The van der Waals surface area contributed by atoms with Crippen LogP contribution in [0.2, 0.25) is 0 Å². The molecule has 0 saturated carbocycles. The number of hydrogen-bond acceptors (Lipinski definition) is 4. The summed E-state index contributed by atoms with van der Waals surface area (Å²) in [7, 11) is 0. The van der Waals surface area contributed by atoms with Crippen LogP contribution < -0.4 is 15.0 Å². The van der Waals surface area contributed by atoms with E-state index >= 15 is 0 Å². The highest BCUT2D eigenvalue weighted by Gasteiger charge is 2.36. The van der Waals surface area contributed by atoms with Crippen LogP contribution in [0, 0.1) is 0 Å². The first kappa shape index (κ1) is 21.3. The van der Waals surface area contributed by atoms with Gasteiger partial charge in [0.25, 0.3) is 11.8 Å². The van der Waals surface area contributed by atoms with Crippen LogP contribution in [-0.4, -0.2) is 24.3 Å². The Kier molecular flexibility index (Phi) is 6.03. The zero-order valence-electron chi connectivity index (χ0n) is 18.0. The van der Waals surface area contributed by atoms with Crippen molar-refractivity contribution in [2.45, 2.75) is 26.2 Å². The molecule has 162 valence electrons. The summed E-state index contributed by atoms with van der Waals surface area (Å²) >= 11 is 0. The number of hydrogen-bond donors (Lipinski definition) is 1. The number of fused-ring (bicyclic) bond motifs is 1. The Bertz CT molecular complexity index is 1130. The van der Waals surface area contributed by atoms with Crippen molar-refractivity contribution in [2.75, 3.05) is 16.8 Å². The Hall–Kier alpha value is -3.93. The van der Waals surface area contributed by atoms with Gasteiger partial charge in [-0.25, -0.2) is 4.90 Å². The largest absolute Gasteiger partial charge is 0.493 e. The maximum atomic E-state index is 12.7. The first-order valence-corrected chi connectivity index (χ1v) is 10.5. The highest BCUT2D eigenvalue weighted by atomic mass is 16.5. The van der Waals surface area contributed by atoms with E-state index in [1.165, 1.54) is 5.56 Å². The van der Waals surface area contributed by atoms with E-state index in [0.29, 0.717) is 28.4 Å². The molecule has 0 unspecified atom stereocenters. The fourth-order valence-electron chi connectivity index (χ4n) is 3.58. The summed E-state index contributed by atoms with van der Waals surface area (Å²) in [4.78, 5) is 38.8. The predicted molar refractivity (Wildman–Crippen MR) is 123 cm³/mol. The van der Waals surface area contributed by atoms with Gasteiger partial charge in [-0.3, -0.25) is 14.4 Å². The molecule has 0 saturated heterocycles. The number of imide groups is 1. The number of benzene rings is 3. The van der Waals surface area contributed by atoms with Crippen LogP contribution in [0.4, 0.5) is 11.4 Å². The summed E-state index contributed by atoms with van der Waals surface area (Å²) in [5.41, 5.74) is 2.91. The van der Waals surface area contributed by atoms with Crippen molar-refractivity contribution in [1.82, 2.24) is 0 Å². The number of nitrogens with zero attached hydrogens (tertiary/aromatic N) is 1. The van der Waals surface area contributed by atoms with E-state index in [0.717, 1.165) is 10.6 Å². The molecule has 32 heavy (non-hydrogen) atoms. The Morgan fingerprint density at radius 1 is 0.906 bits per heavy atom. The smallest absolute Gasteiger partial charge is 0.266 e. The van der Waals surface area contributed by atoms with Gasteiger partial charge in [-0.1, -0.05) is 44.2 Å². The molecule has 3 amide bonds. The van der Waals surface area contributed by atoms with Crippen LogP contribution in [0.1, 0.15) is 52.5 Å². The van der Waals surface area contributed by atoms with Crippen LogP contribution in [-0.2, 0) is 4.79 Å². The van der Waals surface area contributed by atoms with Gasteiger partial charge in [0.05, 0.1) is 29.8 Å². The molecule has 6 heteroatoms. The van der Waals surface area contributed by atoms with Crippen molar-refractivity contribution in [3.63, 3.8) is 0 Å². The molecular formula is C26H24N2O4. The number of ether oxygens (including phenoxy) is 1. The highest BCUT2D eigenvalue weighted by Crippen LogP contribution is 2.29.